The second kappa shape index (κ2) is 6.02. The van der Waals surface area contributed by atoms with Crippen molar-refractivity contribution in [2.45, 2.75) is 32.2 Å². The number of hydrogen-bond donors (Lipinski definition) is 3. The van der Waals surface area contributed by atoms with Gasteiger partial charge in [-0.2, -0.15) is 0 Å². The third kappa shape index (κ3) is 3.34. The highest BCUT2D eigenvalue weighted by Gasteiger charge is 2.22. The topological polar surface area (TPSA) is 69.6 Å². The maximum atomic E-state index is 11.8. The number of benzene rings is 1. The molecule has 0 saturated heterocycles. The Kier molecular flexibility index (Phi) is 4.39. The first-order valence-electron chi connectivity index (χ1n) is 6.39. The van der Waals surface area contributed by atoms with Crippen LogP contribution in [-0.2, 0) is 11.3 Å². The van der Waals surface area contributed by atoms with Gasteiger partial charge in [0.1, 0.15) is 0 Å². The maximum absolute atomic E-state index is 11.8. The smallest absolute Gasteiger partial charge is 0.423 e. The Morgan fingerprint density at radius 2 is 1.83 bits per heavy atom. The van der Waals surface area contributed by atoms with E-state index in [1.807, 2.05) is 0 Å². The lowest BCUT2D eigenvalue weighted by Crippen LogP contribution is -2.30. The molecule has 1 aliphatic rings. The summed E-state index contributed by atoms with van der Waals surface area (Å²) in [7, 11) is -1.44. The molecule has 5 heteroatoms. The molecule has 2 rings (SSSR count). The van der Waals surface area contributed by atoms with Crippen LogP contribution in [0.25, 0.3) is 0 Å². The first-order chi connectivity index (χ1) is 8.66. The minimum Gasteiger partial charge on any atom is -0.423 e. The molecule has 1 aromatic carbocycles. The predicted octanol–water partition coefficient (Wildman–Crippen LogP) is 0.173. The predicted molar refractivity (Wildman–Crippen MR) is 70.1 cm³/mol. The van der Waals surface area contributed by atoms with Crippen LogP contribution in [0.3, 0.4) is 0 Å². The zero-order valence-electron chi connectivity index (χ0n) is 10.3. The third-order valence-corrected chi connectivity index (χ3v) is 3.47. The monoisotopic (exact) mass is 247 g/mol. The van der Waals surface area contributed by atoms with Gasteiger partial charge in [-0.15, -0.1) is 0 Å². The zero-order valence-corrected chi connectivity index (χ0v) is 10.3. The van der Waals surface area contributed by atoms with Crippen LogP contribution >= 0.6 is 0 Å². The summed E-state index contributed by atoms with van der Waals surface area (Å²) in [4.78, 5) is 11.8. The molecule has 0 unspecified atom stereocenters. The van der Waals surface area contributed by atoms with Crippen LogP contribution in [0.2, 0.25) is 0 Å². The van der Waals surface area contributed by atoms with Gasteiger partial charge in [-0.05, 0) is 23.9 Å². The van der Waals surface area contributed by atoms with Gasteiger partial charge < -0.3 is 15.4 Å². The Labute approximate surface area is 107 Å². The SMILES string of the molecule is O=C(NCc1ccc(B(O)O)cc1)C1CCCC1. The highest BCUT2D eigenvalue weighted by atomic mass is 16.4. The lowest BCUT2D eigenvalue weighted by atomic mass is 9.80. The van der Waals surface area contributed by atoms with Crippen molar-refractivity contribution in [3.63, 3.8) is 0 Å². The second-order valence-electron chi connectivity index (χ2n) is 4.81. The molecule has 0 aromatic heterocycles. The van der Waals surface area contributed by atoms with Crippen LogP contribution in [0.4, 0.5) is 0 Å². The number of nitrogens with one attached hydrogen (secondary N) is 1. The van der Waals surface area contributed by atoms with Crippen LogP contribution in [0.1, 0.15) is 31.2 Å². The van der Waals surface area contributed by atoms with Crippen LogP contribution in [0.15, 0.2) is 24.3 Å². The lowest BCUT2D eigenvalue weighted by Gasteiger charge is -2.10. The van der Waals surface area contributed by atoms with E-state index in [1.54, 1.807) is 24.3 Å². The van der Waals surface area contributed by atoms with E-state index in [4.69, 9.17) is 10.0 Å². The quantitative estimate of drug-likeness (QED) is 0.664. The van der Waals surface area contributed by atoms with Gasteiger partial charge >= 0.3 is 7.12 Å². The van der Waals surface area contributed by atoms with E-state index in [9.17, 15) is 4.79 Å². The molecule has 1 amide bonds. The number of rotatable bonds is 4. The molecular weight excluding hydrogens is 229 g/mol. The number of carbonyl (C=O) groups is 1. The summed E-state index contributed by atoms with van der Waals surface area (Å²) in [6.45, 7) is 0.497. The van der Waals surface area contributed by atoms with Crippen molar-refractivity contribution in [3.8, 4) is 0 Å². The number of carbonyl (C=O) groups excluding carboxylic acids is 1. The molecule has 18 heavy (non-hydrogen) atoms. The van der Waals surface area contributed by atoms with Gasteiger partial charge in [0, 0.05) is 12.5 Å². The molecule has 0 atom stereocenters. The van der Waals surface area contributed by atoms with Crippen molar-refractivity contribution < 1.29 is 14.8 Å². The van der Waals surface area contributed by atoms with E-state index in [0.717, 1.165) is 31.2 Å². The maximum Gasteiger partial charge on any atom is 0.488 e. The molecule has 1 saturated carbocycles. The van der Waals surface area contributed by atoms with Gasteiger partial charge in [0.25, 0.3) is 0 Å². The summed E-state index contributed by atoms with van der Waals surface area (Å²) in [5, 5.41) is 20.8. The van der Waals surface area contributed by atoms with Crippen LogP contribution in [0, 0.1) is 5.92 Å². The van der Waals surface area contributed by atoms with Crippen molar-refractivity contribution in [2.75, 3.05) is 0 Å². The number of amides is 1. The van der Waals surface area contributed by atoms with Crippen LogP contribution in [0.5, 0.6) is 0 Å². The van der Waals surface area contributed by atoms with E-state index in [-0.39, 0.29) is 11.8 Å². The van der Waals surface area contributed by atoms with E-state index in [2.05, 4.69) is 5.32 Å². The highest BCUT2D eigenvalue weighted by molar-refractivity contribution is 6.58. The van der Waals surface area contributed by atoms with E-state index in [1.165, 1.54) is 0 Å². The van der Waals surface area contributed by atoms with Gasteiger partial charge in [-0.25, -0.2) is 0 Å². The molecular formula is C13H18BNO3. The molecule has 1 aliphatic carbocycles. The fraction of sp³-hybridized carbons (Fsp3) is 0.462. The van der Waals surface area contributed by atoms with Gasteiger partial charge in [-0.3, -0.25) is 4.79 Å². The molecule has 0 spiro atoms. The lowest BCUT2D eigenvalue weighted by molar-refractivity contribution is -0.124. The Morgan fingerprint density at radius 3 is 2.39 bits per heavy atom. The van der Waals surface area contributed by atoms with Crippen molar-refractivity contribution in [3.05, 3.63) is 29.8 Å². The minimum atomic E-state index is -1.44. The van der Waals surface area contributed by atoms with Crippen molar-refractivity contribution in [2.24, 2.45) is 5.92 Å². The summed E-state index contributed by atoms with van der Waals surface area (Å²) in [6.07, 6.45) is 4.31. The largest absolute Gasteiger partial charge is 0.488 e. The highest BCUT2D eigenvalue weighted by Crippen LogP contribution is 2.24. The van der Waals surface area contributed by atoms with E-state index < -0.39 is 7.12 Å². The fourth-order valence-corrected chi connectivity index (χ4v) is 2.33. The Balaban J connectivity index is 1.84. The number of hydrogen-bond acceptors (Lipinski definition) is 3. The van der Waals surface area contributed by atoms with Gasteiger partial charge in [-0.1, -0.05) is 37.1 Å². The summed E-state index contributed by atoms with van der Waals surface area (Å²) in [5.74, 6) is 0.322. The third-order valence-electron chi connectivity index (χ3n) is 3.47. The molecule has 0 heterocycles. The average molecular weight is 247 g/mol. The zero-order chi connectivity index (χ0) is 13.0. The molecule has 3 N–H and O–H groups in total. The van der Waals surface area contributed by atoms with Crippen molar-refractivity contribution in [1.29, 1.82) is 0 Å². The Bertz CT molecular complexity index is 399. The van der Waals surface area contributed by atoms with Crippen LogP contribution in [-0.4, -0.2) is 23.1 Å². The van der Waals surface area contributed by atoms with E-state index in [0.29, 0.717) is 12.0 Å². The van der Waals surface area contributed by atoms with Gasteiger partial charge in [0.2, 0.25) is 5.91 Å². The van der Waals surface area contributed by atoms with Crippen molar-refractivity contribution >= 4 is 18.5 Å². The molecule has 0 bridgehead atoms. The Hall–Kier alpha value is -1.33. The van der Waals surface area contributed by atoms with E-state index >= 15 is 0 Å². The van der Waals surface area contributed by atoms with Crippen LogP contribution < -0.4 is 10.8 Å². The minimum absolute atomic E-state index is 0.138. The second-order valence-corrected chi connectivity index (χ2v) is 4.81. The molecule has 0 radical (unpaired) electrons. The van der Waals surface area contributed by atoms with Gasteiger partial charge in [0.15, 0.2) is 0 Å². The molecule has 4 nitrogen and oxygen atoms in total. The molecule has 1 aromatic rings. The normalized spacial score (nSPS) is 15.7. The first kappa shape index (κ1) is 13.1. The summed E-state index contributed by atoms with van der Waals surface area (Å²) in [5.41, 5.74) is 1.42. The fourth-order valence-electron chi connectivity index (χ4n) is 2.33. The Morgan fingerprint density at radius 1 is 1.22 bits per heavy atom. The average Bonchev–Trinajstić information content (AvgIpc) is 2.90. The molecule has 0 aliphatic heterocycles. The summed E-state index contributed by atoms with van der Waals surface area (Å²) in [6, 6.07) is 6.90. The summed E-state index contributed by atoms with van der Waals surface area (Å²) >= 11 is 0. The first-order valence-corrected chi connectivity index (χ1v) is 6.39. The molecule has 96 valence electrons. The standard InChI is InChI=1S/C13H18BNO3/c16-13(11-3-1-2-4-11)15-9-10-5-7-12(8-6-10)14(17)18/h5-8,11,17-18H,1-4,9H2,(H,15,16). The van der Waals surface area contributed by atoms with Gasteiger partial charge in [0.05, 0.1) is 0 Å². The summed E-state index contributed by atoms with van der Waals surface area (Å²) < 4.78 is 0. The van der Waals surface area contributed by atoms with Crippen molar-refractivity contribution in [1.82, 2.24) is 5.32 Å². The molecule has 1 fully saturated rings.